The van der Waals surface area contributed by atoms with Crippen molar-refractivity contribution in [1.29, 1.82) is 0 Å². The Hall–Kier alpha value is -2.42. The van der Waals surface area contributed by atoms with E-state index in [0.717, 1.165) is 45.3 Å². The van der Waals surface area contributed by atoms with Crippen LogP contribution in [0.3, 0.4) is 0 Å². The van der Waals surface area contributed by atoms with Crippen molar-refractivity contribution in [1.82, 2.24) is 29.8 Å². The molecule has 1 saturated carbocycles. The number of aromatic nitrogens is 2. The quantitative estimate of drug-likeness (QED) is 0.768. The molecule has 3 aliphatic rings. The van der Waals surface area contributed by atoms with Gasteiger partial charge in [0.2, 0.25) is 5.91 Å². The summed E-state index contributed by atoms with van der Waals surface area (Å²) in [6.07, 6.45) is 5.42. The summed E-state index contributed by atoms with van der Waals surface area (Å²) < 4.78 is 1.54. The number of carbonyl (C=O) groups excluding carboxylic acids is 3. The second-order valence-electron chi connectivity index (χ2n) is 9.25. The van der Waals surface area contributed by atoms with Gasteiger partial charge in [0, 0.05) is 45.3 Å². The molecule has 4 rings (SSSR count). The van der Waals surface area contributed by atoms with Gasteiger partial charge in [-0.3, -0.25) is 19.1 Å². The Morgan fingerprint density at radius 2 is 1.84 bits per heavy atom. The molecule has 2 aliphatic heterocycles. The van der Waals surface area contributed by atoms with Crippen molar-refractivity contribution in [2.75, 3.05) is 39.8 Å². The van der Waals surface area contributed by atoms with Gasteiger partial charge in [-0.05, 0) is 26.3 Å². The molecule has 0 unspecified atom stereocenters. The first-order chi connectivity index (χ1) is 14.8. The number of nitrogens with zero attached hydrogens (tertiary/aromatic N) is 5. The van der Waals surface area contributed by atoms with E-state index in [1.165, 1.54) is 16.0 Å². The van der Waals surface area contributed by atoms with Crippen molar-refractivity contribution in [2.45, 2.75) is 64.1 Å². The number of likely N-dealkylation sites (N-methyl/N-ethyl adjacent to an activating group) is 2. The van der Waals surface area contributed by atoms with Crippen LogP contribution in [0.2, 0.25) is 0 Å². The van der Waals surface area contributed by atoms with Crippen LogP contribution in [-0.4, -0.2) is 93.6 Å². The smallest absolute Gasteiger partial charge is 0.274 e. The number of hydrogen-bond donors (Lipinski definition) is 1. The zero-order valence-corrected chi connectivity index (χ0v) is 18.9. The molecule has 9 nitrogen and oxygen atoms in total. The molecule has 0 bridgehead atoms. The third kappa shape index (κ3) is 4.07. The van der Waals surface area contributed by atoms with Gasteiger partial charge in [0.25, 0.3) is 11.8 Å². The van der Waals surface area contributed by atoms with E-state index in [-0.39, 0.29) is 36.0 Å². The Morgan fingerprint density at radius 1 is 1.16 bits per heavy atom. The van der Waals surface area contributed by atoms with Gasteiger partial charge in [-0.1, -0.05) is 26.2 Å². The third-order valence-electron chi connectivity index (χ3n) is 7.26. The Kier molecular flexibility index (Phi) is 6.05. The molecule has 3 amide bonds. The Labute approximate surface area is 183 Å². The average Bonchev–Trinajstić information content (AvgIpc) is 3.21. The minimum atomic E-state index is -1.04. The molecule has 1 atom stereocenters. The monoisotopic (exact) mass is 430 g/mol. The van der Waals surface area contributed by atoms with Crippen molar-refractivity contribution in [3.8, 4) is 0 Å². The zero-order valence-electron chi connectivity index (χ0n) is 18.9. The predicted octanol–water partition coefficient (Wildman–Crippen LogP) is 0.954. The van der Waals surface area contributed by atoms with Crippen molar-refractivity contribution < 1.29 is 14.4 Å². The molecule has 0 spiro atoms. The van der Waals surface area contributed by atoms with Gasteiger partial charge in [-0.2, -0.15) is 5.10 Å². The lowest BCUT2D eigenvalue weighted by Gasteiger charge is -2.41. The van der Waals surface area contributed by atoms with Crippen LogP contribution in [-0.2, 0) is 11.3 Å². The number of piperazine rings is 1. The second-order valence-corrected chi connectivity index (χ2v) is 9.25. The molecule has 170 valence electrons. The van der Waals surface area contributed by atoms with Crippen molar-refractivity contribution in [3.05, 3.63) is 17.5 Å². The van der Waals surface area contributed by atoms with E-state index in [1.54, 1.807) is 24.9 Å². The summed E-state index contributed by atoms with van der Waals surface area (Å²) in [4.78, 5) is 44.8. The fourth-order valence-electron chi connectivity index (χ4n) is 4.85. The summed E-state index contributed by atoms with van der Waals surface area (Å²) in [7, 11) is 1.66. The number of amides is 3. The van der Waals surface area contributed by atoms with E-state index in [2.05, 4.69) is 22.2 Å². The van der Waals surface area contributed by atoms with E-state index in [0.29, 0.717) is 18.8 Å². The third-order valence-corrected chi connectivity index (χ3v) is 7.26. The molecule has 1 N–H and O–H groups in total. The van der Waals surface area contributed by atoms with Gasteiger partial charge in [0.15, 0.2) is 5.69 Å². The van der Waals surface area contributed by atoms with Crippen LogP contribution in [0.1, 0.15) is 66.9 Å². The summed E-state index contributed by atoms with van der Waals surface area (Å²) >= 11 is 0. The van der Waals surface area contributed by atoms with Crippen LogP contribution in [0.15, 0.2) is 6.07 Å². The van der Waals surface area contributed by atoms with Crippen LogP contribution < -0.4 is 5.32 Å². The SMILES string of the molecule is CCN1CCN(C(=O)c2cc3n(n2)C[C@@](C)(C(=O)NC2CCCCC2)N(C)C3=O)CC1. The molecule has 9 heteroatoms. The normalized spacial score (nSPS) is 25.5. The summed E-state index contributed by atoms with van der Waals surface area (Å²) in [5.41, 5.74) is -0.403. The average molecular weight is 431 g/mol. The van der Waals surface area contributed by atoms with Gasteiger partial charge in [-0.15, -0.1) is 0 Å². The largest absolute Gasteiger partial charge is 0.351 e. The van der Waals surface area contributed by atoms with Crippen molar-refractivity contribution in [2.24, 2.45) is 0 Å². The summed E-state index contributed by atoms with van der Waals surface area (Å²) in [5, 5.41) is 7.61. The van der Waals surface area contributed by atoms with Gasteiger partial charge >= 0.3 is 0 Å². The zero-order chi connectivity index (χ0) is 22.2. The van der Waals surface area contributed by atoms with E-state index < -0.39 is 5.54 Å². The molecule has 1 aromatic heterocycles. The minimum absolute atomic E-state index is 0.151. The van der Waals surface area contributed by atoms with Crippen LogP contribution in [0.4, 0.5) is 0 Å². The number of carbonyl (C=O) groups is 3. The molecule has 0 aromatic carbocycles. The summed E-state index contributed by atoms with van der Waals surface area (Å²) in [5.74, 6) is -0.587. The van der Waals surface area contributed by atoms with Gasteiger partial charge in [0.05, 0.1) is 6.54 Å². The van der Waals surface area contributed by atoms with Crippen LogP contribution in [0.5, 0.6) is 0 Å². The van der Waals surface area contributed by atoms with Crippen molar-refractivity contribution in [3.63, 3.8) is 0 Å². The summed E-state index contributed by atoms with van der Waals surface area (Å²) in [6.45, 7) is 8.11. The standard InChI is InChI=1S/C22H34N6O3/c1-4-26-10-12-27(13-11-26)19(29)17-14-18-20(30)25(3)22(2,15-28(18)24-17)21(31)23-16-8-6-5-7-9-16/h14,16H,4-13,15H2,1-3H3,(H,23,31)/t22-/m0/s1. The highest BCUT2D eigenvalue weighted by molar-refractivity contribution is 6.01. The maximum Gasteiger partial charge on any atom is 0.274 e. The fourth-order valence-corrected chi connectivity index (χ4v) is 4.85. The highest BCUT2D eigenvalue weighted by Crippen LogP contribution is 2.27. The lowest BCUT2D eigenvalue weighted by molar-refractivity contribution is -0.133. The Balaban J connectivity index is 1.50. The first-order valence-electron chi connectivity index (χ1n) is 11.5. The predicted molar refractivity (Wildman–Crippen MR) is 116 cm³/mol. The van der Waals surface area contributed by atoms with Crippen LogP contribution >= 0.6 is 0 Å². The first-order valence-corrected chi connectivity index (χ1v) is 11.5. The maximum atomic E-state index is 13.2. The molecule has 0 radical (unpaired) electrons. The maximum absolute atomic E-state index is 13.2. The molecule has 1 saturated heterocycles. The number of fused-ring (bicyclic) bond motifs is 1. The number of hydrogen-bond acceptors (Lipinski definition) is 5. The molecule has 3 heterocycles. The number of nitrogens with one attached hydrogen (secondary N) is 1. The lowest BCUT2D eigenvalue weighted by atomic mass is 9.92. The molecule has 1 aliphatic carbocycles. The highest BCUT2D eigenvalue weighted by atomic mass is 16.2. The summed E-state index contributed by atoms with van der Waals surface area (Å²) in [6, 6.07) is 1.74. The van der Waals surface area contributed by atoms with Gasteiger partial charge in [0.1, 0.15) is 11.2 Å². The van der Waals surface area contributed by atoms with Gasteiger partial charge < -0.3 is 20.0 Å². The van der Waals surface area contributed by atoms with E-state index in [4.69, 9.17) is 0 Å². The van der Waals surface area contributed by atoms with E-state index in [1.807, 2.05) is 0 Å². The number of rotatable bonds is 4. The van der Waals surface area contributed by atoms with E-state index >= 15 is 0 Å². The first kappa shape index (κ1) is 21.8. The lowest BCUT2D eigenvalue weighted by Crippen LogP contribution is -2.63. The topological polar surface area (TPSA) is 90.8 Å². The Morgan fingerprint density at radius 3 is 2.48 bits per heavy atom. The molecule has 1 aromatic rings. The van der Waals surface area contributed by atoms with Gasteiger partial charge in [-0.25, -0.2) is 0 Å². The second kappa shape index (κ2) is 8.61. The molecule has 2 fully saturated rings. The molecular weight excluding hydrogens is 396 g/mol. The van der Waals surface area contributed by atoms with Crippen LogP contribution in [0, 0.1) is 0 Å². The molecular formula is C22H34N6O3. The Bertz CT molecular complexity index is 853. The fraction of sp³-hybridized carbons (Fsp3) is 0.727. The minimum Gasteiger partial charge on any atom is -0.351 e. The molecule has 31 heavy (non-hydrogen) atoms. The van der Waals surface area contributed by atoms with E-state index in [9.17, 15) is 14.4 Å². The highest BCUT2D eigenvalue weighted by Gasteiger charge is 2.47. The van der Waals surface area contributed by atoms with Crippen LogP contribution in [0.25, 0.3) is 0 Å². The van der Waals surface area contributed by atoms with Crippen molar-refractivity contribution >= 4 is 17.7 Å².